The van der Waals surface area contributed by atoms with Crippen molar-refractivity contribution < 1.29 is 17.5 Å². The van der Waals surface area contributed by atoms with Crippen LogP contribution in [0.15, 0.2) is 71.8 Å². The summed E-state index contributed by atoms with van der Waals surface area (Å²) >= 11 is 0. The van der Waals surface area contributed by atoms with Crippen molar-refractivity contribution in [1.29, 1.82) is 0 Å². The third-order valence-corrected chi connectivity index (χ3v) is 4.88. The van der Waals surface area contributed by atoms with E-state index < -0.39 is 15.8 Å². The molecule has 0 radical (unpaired) electrons. The van der Waals surface area contributed by atoms with Gasteiger partial charge >= 0.3 is 0 Å². The summed E-state index contributed by atoms with van der Waals surface area (Å²) in [7, 11) is -2.22. The number of nitrogens with one attached hydrogen (secondary N) is 2. The summed E-state index contributed by atoms with van der Waals surface area (Å²) in [5, 5.41) is 3.10. The summed E-state index contributed by atoms with van der Waals surface area (Å²) in [6.07, 6.45) is 1.39. The number of nitrogens with zero attached hydrogens (tertiary/aromatic N) is 1. The number of halogens is 1. The monoisotopic (exact) mass is 373 g/mol. The summed E-state index contributed by atoms with van der Waals surface area (Å²) in [6, 6.07) is 15.1. The van der Waals surface area contributed by atoms with Crippen LogP contribution in [0.1, 0.15) is 0 Å². The van der Waals surface area contributed by atoms with Crippen LogP contribution in [0.2, 0.25) is 0 Å². The Hall–Kier alpha value is -3.13. The van der Waals surface area contributed by atoms with Crippen LogP contribution in [0, 0.1) is 5.82 Å². The largest absolute Gasteiger partial charge is 0.497 e. The Morgan fingerprint density at radius 2 is 1.77 bits per heavy atom. The molecule has 2 N–H and O–H groups in total. The fourth-order valence-electron chi connectivity index (χ4n) is 2.20. The summed E-state index contributed by atoms with van der Waals surface area (Å²) < 4.78 is 45.0. The number of anilines is 3. The van der Waals surface area contributed by atoms with Crippen molar-refractivity contribution in [2.45, 2.75) is 4.90 Å². The standard InChI is InChI=1S/C18H16FN3O3S/c1-25-16-4-2-3-14(11-16)21-18-10-7-15(12-20-18)22-26(23,24)17-8-5-13(19)6-9-17/h2-12,22H,1H3,(H,20,21). The number of hydrogen-bond acceptors (Lipinski definition) is 5. The van der Waals surface area contributed by atoms with E-state index in [1.807, 2.05) is 24.3 Å². The molecule has 0 unspecified atom stereocenters. The van der Waals surface area contributed by atoms with Crippen molar-refractivity contribution in [3.63, 3.8) is 0 Å². The molecule has 0 aliphatic carbocycles. The first-order chi connectivity index (χ1) is 12.5. The minimum Gasteiger partial charge on any atom is -0.497 e. The second kappa shape index (κ2) is 7.40. The van der Waals surface area contributed by atoms with Crippen molar-refractivity contribution in [1.82, 2.24) is 4.98 Å². The number of benzene rings is 2. The zero-order valence-corrected chi connectivity index (χ0v) is 14.6. The van der Waals surface area contributed by atoms with Crippen molar-refractivity contribution in [3.8, 4) is 5.75 Å². The summed E-state index contributed by atoms with van der Waals surface area (Å²) in [6.45, 7) is 0. The topological polar surface area (TPSA) is 80.3 Å². The lowest BCUT2D eigenvalue weighted by Crippen LogP contribution is -2.13. The molecule has 0 spiro atoms. The number of rotatable bonds is 6. The van der Waals surface area contributed by atoms with Gasteiger partial charge in [0, 0.05) is 11.8 Å². The van der Waals surface area contributed by atoms with E-state index in [0.717, 1.165) is 17.8 Å². The van der Waals surface area contributed by atoms with E-state index in [0.29, 0.717) is 17.3 Å². The highest BCUT2D eigenvalue weighted by molar-refractivity contribution is 7.92. The zero-order chi connectivity index (χ0) is 18.6. The van der Waals surface area contributed by atoms with E-state index in [2.05, 4.69) is 15.0 Å². The lowest BCUT2D eigenvalue weighted by atomic mass is 10.3. The van der Waals surface area contributed by atoms with E-state index in [1.54, 1.807) is 19.2 Å². The van der Waals surface area contributed by atoms with Gasteiger partial charge in [-0.15, -0.1) is 0 Å². The van der Waals surface area contributed by atoms with Crippen LogP contribution in [0.3, 0.4) is 0 Å². The van der Waals surface area contributed by atoms with E-state index >= 15 is 0 Å². The van der Waals surface area contributed by atoms with Crippen LogP contribution in [0.5, 0.6) is 5.75 Å². The van der Waals surface area contributed by atoms with Crippen molar-refractivity contribution >= 4 is 27.2 Å². The number of sulfonamides is 1. The highest BCUT2D eigenvalue weighted by Crippen LogP contribution is 2.22. The van der Waals surface area contributed by atoms with Gasteiger partial charge in [0.25, 0.3) is 10.0 Å². The van der Waals surface area contributed by atoms with Gasteiger partial charge in [0.2, 0.25) is 0 Å². The third kappa shape index (κ3) is 4.28. The lowest BCUT2D eigenvalue weighted by Gasteiger charge is -2.10. The first-order valence-corrected chi connectivity index (χ1v) is 9.10. The smallest absolute Gasteiger partial charge is 0.261 e. The van der Waals surface area contributed by atoms with Crippen molar-refractivity contribution in [3.05, 3.63) is 72.7 Å². The van der Waals surface area contributed by atoms with Crippen LogP contribution >= 0.6 is 0 Å². The van der Waals surface area contributed by atoms with Crippen molar-refractivity contribution in [2.24, 2.45) is 0 Å². The van der Waals surface area contributed by atoms with Gasteiger partial charge in [-0.3, -0.25) is 4.72 Å². The number of aromatic nitrogens is 1. The maximum Gasteiger partial charge on any atom is 0.261 e. The second-order valence-corrected chi connectivity index (χ2v) is 7.03. The Balaban J connectivity index is 1.72. The zero-order valence-electron chi connectivity index (χ0n) is 13.8. The van der Waals surface area contributed by atoms with Crippen LogP contribution < -0.4 is 14.8 Å². The molecular formula is C18H16FN3O3S. The van der Waals surface area contributed by atoms with Crippen LogP contribution in [-0.2, 0) is 10.0 Å². The van der Waals surface area contributed by atoms with E-state index in [-0.39, 0.29) is 4.90 Å². The fraction of sp³-hybridized carbons (Fsp3) is 0.0556. The highest BCUT2D eigenvalue weighted by Gasteiger charge is 2.14. The number of methoxy groups -OCH3 is 1. The van der Waals surface area contributed by atoms with Gasteiger partial charge < -0.3 is 10.1 Å². The molecule has 0 aliphatic rings. The average molecular weight is 373 g/mol. The molecule has 0 saturated heterocycles. The van der Waals surface area contributed by atoms with Gasteiger partial charge in [-0.2, -0.15) is 0 Å². The fourth-order valence-corrected chi connectivity index (χ4v) is 3.25. The average Bonchev–Trinajstić information content (AvgIpc) is 2.64. The molecule has 6 nitrogen and oxygen atoms in total. The minimum absolute atomic E-state index is 0.0301. The molecule has 0 fully saturated rings. The molecule has 0 amide bonds. The molecule has 1 heterocycles. The molecule has 134 valence electrons. The summed E-state index contributed by atoms with van der Waals surface area (Å²) in [5.74, 6) is 0.750. The Morgan fingerprint density at radius 3 is 2.42 bits per heavy atom. The molecule has 3 aromatic rings. The van der Waals surface area contributed by atoms with Crippen molar-refractivity contribution in [2.75, 3.05) is 17.1 Å². The third-order valence-electron chi connectivity index (χ3n) is 3.48. The van der Waals surface area contributed by atoms with Gasteiger partial charge in [-0.1, -0.05) is 6.07 Å². The summed E-state index contributed by atoms with van der Waals surface area (Å²) in [4.78, 5) is 4.15. The van der Waals surface area contributed by atoms with E-state index in [1.165, 1.54) is 18.3 Å². The SMILES string of the molecule is COc1cccc(Nc2ccc(NS(=O)(=O)c3ccc(F)cc3)cn2)c1. The molecule has 2 aromatic carbocycles. The maximum atomic E-state index is 12.9. The first-order valence-electron chi connectivity index (χ1n) is 7.62. The van der Waals surface area contributed by atoms with E-state index in [4.69, 9.17) is 4.74 Å². The van der Waals surface area contributed by atoms with Gasteiger partial charge in [0.05, 0.1) is 23.9 Å². The first kappa shape index (κ1) is 17.7. The molecular weight excluding hydrogens is 357 g/mol. The molecule has 0 atom stereocenters. The molecule has 0 aliphatic heterocycles. The van der Waals surface area contributed by atoms with Gasteiger partial charge in [0.1, 0.15) is 17.4 Å². The van der Waals surface area contributed by atoms with Crippen LogP contribution in [0.4, 0.5) is 21.6 Å². The second-order valence-electron chi connectivity index (χ2n) is 5.35. The lowest BCUT2D eigenvalue weighted by molar-refractivity contribution is 0.415. The predicted molar refractivity (Wildman–Crippen MR) is 97.7 cm³/mol. The maximum absolute atomic E-state index is 12.9. The number of pyridine rings is 1. The highest BCUT2D eigenvalue weighted by atomic mass is 32.2. The molecule has 1 aromatic heterocycles. The normalized spacial score (nSPS) is 11.0. The molecule has 3 rings (SSSR count). The predicted octanol–water partition coefficient (Wildman–Crippen LogP) is 3.77. The van der Waals surface area contributed by atoms with E-state index in [9.17, 15) is 12.8 Å². The number of hydrogen-bond donors (Lipinski definition) is 2. The summed E-state index contributed by atoms with van der Waals surface area (Å²) in [5.41, 5.74) is 1.09. The van der Waals surface area contributed by atoms with Gasteiger partial charge in [-0.05, 0) is 48.5 Å². The van der Waals surface area contributed by atoms with Crippen LogP contribution in [-0.4, -0.2) is 20.5 Å². The number of ether oxygens (including phenoxy) is 1. The Bertz CT molecular complexity index is 991. The molecule has 0 bridgehead atoms. The Morgan fingerprint density at radius 1 is 1.00 bits per heavy atom. The Kier molecular flexibility index (Phi) is 5.04. The molecule has 0 saturated carbocycles. The van der Waals surface area contributed by atoms with Gasteiger partial charge in [-0.25, -0.2) is 17.8 Å². The molecule has 26 heavy (non-hydrogen) atoms. The Labute approximate surface area is 150 Å². The minimum atomic E-state index is -3.80. The van der Waals surface area contributed by atoms with Crippen LogP contribution in [0.25, 0.3) is 0 Å². The quantitative estimate of drug-likeness (QED) is 0.687. The van der Waals surface area contributed by atoms with Gasteiger partial charge in [0.15, 0.2) is 0 Å². The molecule has 8 heteroatoms.